The molecule has 2 nitrogen and oxygen atoms in total. The van der Waals surface area contributed by atoms with Gasteiger partial charge in [0.05, 0.1) is 0 Å². The maximum absolute atomic E-state index is 6.10. The molecule has 2 heterocycles. The van der Waals surface area contributed by atoms with E-state index in [-0.39, 0.29) is 0 Å². The average molecular weight is 211 g/mol. The van der Waals surface area contributed by atoms with Crippen molar-refractivity contribution < 1.29 is 0 Å². The molecule has 0 amide bonds. The zero-order valence-corrected chi connectivity index (χ0v) is 9.38. The van der Waals surface area contributed by atoms with Crippen molar-refractivity contribution in [2.45, 2.75) is 25.8 Å². The first-order valence-electron chi connectivity index (χ1n) is 5.01. The molecule has 1 aliphatic rings. The third-order valence-electron chi connectivity index (χ3n) is 2.88. The van der Waals surface area contributed by atoms with Gasteiger partial charge in [-0.3, -0.25) is 4.90 Å². The lowest BCUT2D eigenvalue weighted by Gasteiger charge is -2.20. The van der Waals surface area contributed by atoms with E-state index in [0.29, 0.717) is 11.2 Å². The van der Waals surface area contributed by atoms with Gasteiger partial charge in [0.25, 0.3) is 0 Å². The van der Waals surface area contributed by atoms with Gasteiger partial charge in [-0.1, -0.05) is 11.6 Å². The first-order chi connectivity index (χ1) is 6.68. The molecule has 3 heteroatoms. The summed E-state index contributed by atoms with van der Waals surface area (Å²) in [5.74, 6) is 0. The van der Waals surface area contributed by atoms with Gasteiger partial charge >= 0.3 is 0 Å². The molecule has 0 saturated carbocycles. The van der Waals surface area contributed by atoms with Crippen molar-refractivity contribution in [2.24, 2.45) is 0 Å². The molecule has 0 aliphatic carbocycles. The minimum atomic E-state index is 0.467. The Labute approximate surface area is 89.9 Å². The molecule has 14 heavy (non-hydrogen) atoms. The third kappa shape index (κ3) is 1.77. The maximum atomic E-state index is 6.10. The Morgan fingerprint density at radius 2 is 2.36 bits per heavy atom. The van der Waals surface area contributed by atoms with Gasteiger partial charge in [0.15, 0.2) is 0 Å². The van der Waals surface area contributed by atoms with Crippen molar-refractivity contribution in [1.82, 2.24) is 9.88 Å². The molecule has 0 bridgehead atoms. The number of aromatic nitrogens is 1. The predicted octanol–water partition coefficient (Wildman–Crippen LogP) is 2.81. The van der Waals surface area contributed by atoms with E-state index in [4.69, 9.17) is 11.6 Å². The molecule has 1 fully saturated rings. The van der Waals surface area contributed by atoms with Gasteiger partial charge in [0, 0.05) is 17.8 Å². The number of nitrogens with zero attached hydrogens (tertiary/aromatic N) is 2. The van der Waals surface area contributed by atoms with Crippen molar-refractivity contribution in [3.05, 3.63) is 28.5 Å². The van der Waals surface area contributed by atoms with E-state index in [1.807, 2.05) is 6.20 Å². The van der Waals surface area contributed by atoms with Crippen molar-refractivity contribution in [3.8, 4) is 0 Å². The van der Waals surface area contributed by atoms with Crippen molar-refractivity contribution in [3.63, 3.8) is 0 Å². The molecule has 1 aromatic heterocycles. The van der Waals surface area contributed by atoms with Gasteiger partial charge in [0.1, 0.15) is 5.15 Å². The Kier molecular flexibility index (Phi) is 2.75. The fraction of sp³-hybridized carbons (Fsp3) is 0.545. The summed E-state index contributed by atoms with van der Waals surface area (Å²) in [7, 11) is 2.15. The van der Waals surface area contributed by atoms with Crippen molar-refractivity contribution in [1.29, 1.82) is 0 Å². The highest BCUT2D eigenvalue weighted by Crippen LogP contribution is 2.33. The second-order valence-electron chi connectivity index (χ2n) is 4.03. The van der Waals surface area contributed by atoms with Gasteiger partial charge in [-0.25, -0.2) is 4.98 Å². The van der Waals surface area contributed by atoms with Gasteiger partial charge in [0.2, 0.25) is 0 Å². The van der Waals surface area contributed by atoms with Crippen LogP contribution in [0.25, 0.3) is 0 Å². The molecule has 0 unspecified atom stereocenters. The zero-order valence-electron chi connectivity index (χ0n) is 8.63. The van der Waals surface area contributed by atoms with E-state index in [0.717, 1.165) is 6.54 Å². The highest BCUT2D eigenvalue weighted by molar-refractivity contribution is 6.30. The van der Waals surface area contributed by atoms with Crippen LogP contribution in [0.2, 0.25) is 5.15 Å². The summed E-state index contributed by atoms with van der Waals surface area (Å²) >= 11 is 6.10. The van der Waals surface area contributed by atoms with E-state index in [9.17, 15) is 0 Å². The molecule has 1 aliphatic heterocycles. The quantitative estimate of drug-likeness (QED) is 0.663. The Balaban J connectivity index is 2.34. The normalized spacial score (nSPS) is 22.9. The molecule has 0 N–H and O–H groups in total. The largest absolute Gasteiger partial charge is 0.299 e. The number of hydrogen-bond donors (Lipinski definition) is 0. The van der Waals surface area contributed by atoms with Gasteiger partial charge in [-0.2, -0.15) is 0 Å². The van der Waals surface area contributed by atoms with Crippen LogP contribution in [-0.2, 0) is 0 Å². The molecule has 0 radical (unpaired) electrons. The molecular weight excluding hydrogens is 196 g/mol. The van der Waals surface area contributed by atoms with Crippen molar-refractivity contribution >= 4 is 11.6 Å². The molecule has 1 atom stereocenters. The standard InChI is InChI=1S/C11H15ClN2/c1-8-6-9(11(12)13-7-8)10-4-3-5-14(10)2/h6-7,10H,3-5H2,1-2H3/t10-/m0/s1. The monoisotopic (exact) mass is 210 g/mol. The molecule has 0 spiro atoms. The highest BCUT2D eigenvalue weighted by Gasteiger charge is 2.24. The summed E-state index contributed by atoms with van der Waals surface area (Å²) in [6.07, 6.45) is 4.27. The van der Waals surface area contributed by atoms with Crippen LogP contribution in [0.5, 0.6) is 0 Å². The summed E-state index contributed by atoms with van der Waals surface area (Å²) in [6.45, 7) is 3.22. The summed E-state index contributed by atoms with van der Waals surface area (Å²) in [5.41, 5.74) is 2.37. The van der Waals surface area contributed by atoms with E-state index in [2.05, 4.69) is 29.9 Å². The Morgan fingerprint density at radius 3 is 3.00 bits per heavy atom. The lowest BCUT2D eigenvalue weighted by molar-refractivity contribution is 0.317. The average Bonchev–Trinajstić information content (AvgIpc) is 2.56. The summed E-state index contributed by atoms with van der Waals surface area (Å²) in [5, 5.41) is 0.661. The molecule has 76 valence electrons. The van der Waals surface area contributed by atoms with Crippen molar-refractivity contribution in [2.75, 3.05) is 13.6 Å². The van der Waals surface area contributed by atoms with Gasteiger partial charge in [-0.05, 0) is 45.0 Å². The lowest BCUT2D eigenvalue weighted by Crippen LogP contribution is -2.18. The van der Waals surface area contributed by atoms with E-state index < -0.39 is 0 Å². The van der Waals surface area contributed by atoms with Crippen LogP contribution in [0.1, 0.15) is 30.0 Å². The van der Waals surface area contributed by atoms with Crippen LogP contribution >= 0.6 is 11.6 Å². The molecule has 2 rings (SSSR count). The number of rotatable bonds is 1. The first kappa shape index (κ1) is 9.94. The van der Waals surface area contributed by atoms with Crippen LogP contribution < -0.4 is 0 Å². The van der Waals surface area contributed by atoms with E-state index in [1.54, 1.807) is 0 Å². The SMILES string of the molecule is Cc1cnc(Cl)c([C@@H]2CCCN2C)c1. The minimum Gasteiger partial charge on any atom is -0.299 e. The number of halogens is 1. The Hall–Kier alpha value is -0.600. The molecule has 0 aromatic carbocycles. The highest BCUT2D eigenvalue weighted by atomic mass is 35.5. The lowest BCUT2D eigenvalue weighted by atomic mass is 10.1. The molecule has 1 aromatic rings. The summed E-state index contributed by atoms with van der Waals surface area (Å²) in [6, 6.07) is 2.62. The summed E-state index contributed by atoms with van der Waals surface area (Å²) in [4.78, 5) is 6.55. The van der Waals surface area contributed by atoms with Crippen LogP contribution in [0.3, 0.4) is 0 Å². The molecule has 1 saturated heterocycles. The minimum absolute atomic E-state index is 0.467. The Morgan fingerprint density at radius 1 is 1.57 bits per heavy atom. The van der Waals surface area contributed by atoms with Crippen LogP contribution in [0, 0.1) is 6.92 Å². The number of aryl methyl sites for hydroxylation is 1. The molecular formula is C11H15ClN2. The second-order valence-corrected chi connectivity index (χ2v) is 4.39. The topological polar surface area (TPSA) is 16.1 Å². The fourth-order valence-electron chi connectivity index (χ4n) is 2.11. The zero-order chi connectivity index (χ0) is 10.1. The second kappa shape index (κ2) is 3.87. The number of likely N-dealkylation sites (tertiary alicyclic amines) is 1. The Bertz CT molecular complexity index is 338. The van der Waals surface area contributed by atoms with E-state index >= 15 is 0 Å². The fourth-order valence-corrected chi connectivity index (χ4v) is 2.34. The predicted molar refractivity (Wildman–Crippen MR) is 58.6 cm³/mol. The van der Waals surface area contributed by atoms with Gasteiger partial charge in [-0.15, -0.1) is 0 Å². The summed E-state index contributed by atoms with van der Waals surface area (Å²) < 4.78 is 0. The first-order valence-corrected chi connectivity index (χ1v) is 5.38. The van der Waals surface area contributed by atoms with Gasteiger partial charge < -0.3 is 0 Å². The number of hydrogen-bond acceptors (Lipinski definition) is 2. The smallest absolute Gasteiger partial charge is 0.133 e. The van der Waals surface area contributed by atoms with E-state index in [1.165, 1.54) is 24.0 Å². The third-order valence-corrected chi connectivity index (χ3v) is 3.20. The van der Waals surface area contributed by atoms with Crippen LogP contribution in [0.4, 0.5) is 0 Å². The van der Waals surface area contributed by atoms with Crippen LogP contribution in [-0.4, -0.2) is 23.5 Å². The number of pyridine rings is 1. The van der Waals surface area contributed by atoms with Crippen LogP contribution in [0.15, 0.2) is 12.3 Å². The maximum Gasteiger partial charge on any atom is 0.133 e.